The summed E-state index contributed by atoms with van der Waals surface area (Å²) in [5, 5.41) is 3.08. The van der Waals surface area contributed by atoms with E-state index in [0.717, 1.165) is 29.9 Å². The van der Waals surface area contributed by atoms with Crippen LogP contribution in [0.25, 0.3) is 0 Å². The zero-order valence-corrected chi connectivity index (χ0v) is 16.3. The minimum atomic E-state index is -0.311. The Labute approximate surface area is 162 Å². The highest BCUT2D eigenvalue weighted by molar-refractivity contribution is 5.83. The van der Waals surface area contributed by atoms with Crippen molar-refractivity contribution in [3.63, 3.8) is 0 Å². The summed E-state index contributed by atoms with van der Waals surface area (Å²) in [6, 6.07) is 9.64. The van der Waals surface area contributed by atoms with E-state index in [1.54, 1.807) is 0 Å². The van der Waals surface area contributed by atoms with E-state index in [-0.39, 0.29) is 24.4 Å². The molecule has 4 heteroatoms. The molecule has 4 bridgehead atoms. The molecule has 1 N–H and O–H groups in total. The molecule has 0 aromatic heterocycles. The Morgan fingerprint density at radius 2 is 1.67 bits per heavy atom. The fraction of sp³-hybridized carbons (Fsp3) is 0.652. The number of nitrogens with one attached hydrogen (secondary N) is 1. The van der Waals surface area contributed by atoms with E-state index in [0.29, 0.717) is 11.8 Å². The van der Waals surface area contributed by atoms with Gasteiger partial charge in [0.15, 0.2) is 6.61 Å². The van der Waals surface area contributed by atoms with E-state index in [1.165, 1.54) is 38.5 Å². The average molecular weight is 370 g/mol. The second-order valence-corrected chi connectivity index (χ2v) is 9.17. The van der Waals surface area contributed by atoms with Gasteiger partial charge in [-0.05, 0) is 73.7 Å². The highest BCUT2D eigenvalue weighted by Crippen LogP contribution is 2.59. The fourth-order valence-electron chi connectivity index (χ4n) is 6.30. The van der Waals surface area contributed by atoms with Gasteiger partial charge in [0.1, 0.15) is 0 Å². The molecule has 1 aromatic rings. The van der Waals surface area contributed by atoms with E-state index in [9.17, 15) is 9.59 Å². The van der Waals surface area contributed by atoms with Crippen molar-refractivity contribution in [1.29, 1.82) is 0 Å². The van der Waals surface area contributed by atoms with Gasteiger partial charge >= 0.3 is 5.97 Å². The fourth-order valence-corrected chi connectivity index (χ4v) is 6.30. The highest BCUT2D eigenvalue weighted by Gasteiger charge is 2.50. The molecular formula is C23H31NO3. The van der Waals surface area contributed by atoms with Gasteiger partial charge in [-0.2, -0.15) is 0 Å². The average Bonchev–Trinajstić information content (AvgIpc) is 2.65. The van der Waals surface area contributed by atoms with E-state index in [2.05, 4.69) is 5.32 Å². The Morgan fingerprint density at radius 1 is 1.07 bits per heavy atom. The second kappa shape index (κ2) is 7.65. The first-order valence-electron chi connectivity index (χ1n) is 10.5. The van der Waals surface area contributed by atoms with Crippen LogP contribution in [-0.2, 0) is 14.3 Å². The molecule has 27 heavy (non-hydrogen) atoms. The van der Waals surface area contributed by atoms with Crippen LogP contribution in [0.15, 0.2) is 30.3 Å². The van der Waals surface area contributed by atoms with E-state index < -0.39 is 0 Å². The second-order valence-electron chi connectivity index (χ2n) is 9.17. The van der Waals surface area contributed by atoms with Crippen LogP contribution >= 0.6 is 0 Å². The SMILES string of the molecule is CC[C@@H](C(=O)OCC(=O)NCC12CC3CC(CC(C3)C1)C2)c1ccccc1. The molecule has 4 aliphatic carbocycles. The highest BCUT2D eigenvalue weighted by atomic mass is 16.5. The lowest BCUT2D eigenvalue weighted by molar-refractivity contribution is -0.150. The molecule has 4 nitrogen and oxygen atoms in total. The van der Waals surface area contributed by atoms with Crippen molar-refractivity contribution in [3.8, 4) is 0 Å². The summed E-state index contributed by atoms with van der Waals surface area (Å²) in [4.78, 5) is 24.7. The Hall–Kier alpha value is -1.84. The van der Waals surface area contributed by atoms with E-state index >= 15 is 0 Å². The standard InChI is InChI=1S/C23H31NO3/c1-2-20(19-6-4-3-5-7-19)22(26)27-14-21(25)24-15-23-11-16-8-17(12-23)10-18(9-16)13-23/h3-7,16-18,20H,2,8-15H2,1H3,(H,24,25)/t16?,17?,18?,20-,23?/m1/s1. The topological polar surface area (TPSA) is 55.4 Å². The van der Waals surface area contributed by atoms with Crippen LogP contribution < -0.4 is 5.32 Å². The molecule has 0 radical (unpaired) electrons. The summed E-state index contributed by atoms with van der Waals surface area (Å²) in [7, 11) is 0. The van der Waals surface area contributed by atoms with Gasteiger partial charge in [-0.15, -0.1) is 0 Å². The molecule has 0 spiro atoms. The monoisotopic (exact) mass is 369 g/mol. The molecule has 1 aromatic carbocycles. The van der Waals surface area contributed by atoms with Crippen LogP contribution in [0, 0.1) is 23.2 Å². The summed E-state index contributed by atoms with van der Waals surface area (Å²) < 4.78 is 5.33. The predicted molar refractivity (Wildman–Crippen MR) is 104 cm³/mol. The number of ether oxygens (including phenoxy) is 1. The van der Waals surface area contributed by atoms with Gasteiger partial charge in [-0.25, -0.2) is 0 Å². The van der Waals surface area contributed by atoms with E-state index in [1.807, 2.05) is 37.3 Å². The summed E-state index contributed by atoms with van der Waals surface area (Å²) in [5.41, 5.74) is 1.25. The van der Waals surface area contributed by atoms with Crippen LogP contribution in [0.2, 0.25) is 0 Å². The Bertz CT molecular complexity index is 649. The number of carbonyl (C=O) groups excluding carboxylic acids is 2. The maximum atomic E-state index is 12.4. The van der Waals surface area contributed by atoms with E-state index in [4.69, 9.17) is 4.74 Å². The van der Waals surface area contributed by atoms with Crippen molar-refractivity contribution in [2.24, 2.45) is 23.2 Å². The lowest BCUT2D eigenvalue weighted by Crippen LogP contribution is -2.51. The van der Waals surface area contributed by atoms with Crippen LogP contribution in [-0.4, -0.2) is 25.0 Å². The van der Waals surface area contributed by atoms with Crippen molar-refractivity contribution >= 4 is 11.9 Å². The quantitative estimate of drug-likeness (QED) is 0.738. The molecule has 0 aliphatic heterocycles. The van der Waals surface area contributed by atoms with Crippen molar-refractivity contribution in [2.45, 2.75) is 57.8 Å². The van der Waals surface area contributed by atoms with Crippen molar-refractivity contribution < 1.29 is 14.3 Å². The summed E-state index contributed by atoms with van der Waals surface area (Å²) >= 11 is 0. The number of benzene rings is 1. The van der Waals surface area contributed by atoms with Gasteiger partial charge in [0, 0.05) is 6.54 Å². The molecule has 1 amide bonds. The van der Waals surface area contributed by atoms with Gasteiger partial charge in [-0.3, -0.25) is 9.59 Å². The van der Waals surface area contributed by atoms with Crippen molar-refractivity contribution in [2.75, 3.05) is 13.2 Å². The van der Waals surface area contributed by atoms with Gasteiger partial charge in [0.05, 0.1) is 5.92 Å². The molecule has 0 heterocycles. The molecule has 0 saturated heterocycles. The van der Waals surface area contributed by atoms with Gasteiger partial charge in [-0.1, -0.05) is 37.3 Å². The lowest BCUT2D eigenvalue weighted by Gasteiger charge is -2.56. The lowest BCUT2D eigenvalue weighted by atomic mass is 9.49. The van der Waals surface area contributed by atoms with Crippen LogP contribution in [0.3, 0.4) is 0 Å². The van der Waals surface area contributed by atoms with Gasteiger partial charge < -0.3 is 10.1 Å². The third-order valence-electron chi connectivity index (χ3n) is 7.07. The van der Waals surface area contributed by atoms with Crippen LogP contribution in [0.4, 0.5) is 0 Å². The number of esters is 1. The molecule has 4 fully saturated rings. The minimum absolute atomic E-state index is 0.165. The van der Waals surface area contributed by atoms with Crippen LogP contribution in [0.1, 0.15) is 63.4 Å². The summed E-state index contributed by atoms with van der Waals surface area (Å²) in [6.45, 7) is 2.54. The maximum Gasteiger partial charge on any atom is 0.313 e. The first-order valence-corrected chi connectivity index (χ1v) is 10.5. The Balaban J connectivity index is 1.26. The predicted octanol–water partition coefficient (Wildman–Crippen LogP) is 4.06. The summed E-state index contributed by atoms with van der Waals surface area (Å²) in [6.07, 6.45) is 8.69. The third-order valence-corrected chi connectivity index (χ3v) is 7.07. The van der Waals surface area contributed by atoms with Crippen LogP contribution in [0.5, 0.6) is 0 Å². The Morgan fingerprint density at radius 3 is 2.22 bits per heavy atom. The zero-order chi connectivity index (χ0) is 18.9. The molecule has 4 aliphatic rings. The molecule has 5 rings (SSSR count). The molecule has 4 saturated carbocycles. The zero-order valence-electron chi connectivity index (χ0n) is 16.3. The molecule has 146 valence electrons. The third kappa shape index (κ3) is 4.04. The molecular weight excluding hydrogens is 338 g/mol. The van der Waals surface area contributed by atoms with Crippen molar-refractivity contribution in [1.82, 2.24) is 5.32 Å². The van der Waals surface area contributed by atoms with Crippen molar-refractivity contribution in [3.05, 3.63) is 35.9 Å². The smallest absolute Gasteiger partial charge is 0.313 e. The number of hydrogen-bond acceptors (Lipinski definition) is 3. The first kappa shape index (κ1) is 18.5. The Kier molecular flexibility index (Phi) is 5.25. The summed E-state index contributed by atoms with van der Waals surface area (Å²) in [5.74, 6) is 1.85. The molecule has 0 unspecified atom stereocenters. The van der Waals surface area contributed by atoms with Gasteiger partial charge in [0.25, 0.3) is 5.91 Å². The van der Waals surface area contributed by atoms with Gasteiger partial charge in [0.2, 0.25) is 0 Å². The maximum absolute atomic E-state index is 12.4. The minimum Gasteiger partial charge on any atom is -0.455 e. The number of rotatable bonds is 7. The normalized spacial score (nSPS) is 32.1. The number of amides is 1. The molecule has 1 atom stereocenters. The number of hydrogen-bond donors (Lipinski definition) is 1. The first-order chi connectivity index (χ1) is 13.1. The largest absolute Gasteiger partial charge is 0.455 e. The number of carbonyl (C=O) groups is 2.